The Balaban J connectivity index is 0.00000441. The predicted molar refractivity (Wildman–Crippen MR) is 157 cm³/mol. The molecular formula is C29H29ClN4O5S. The van der Waals surface area contributed by atoms with E-state index in [0.717, 1.165) is 9.87 Å². The van der Waals surface area contributed by atoms with Crippen molar-refractivity contribution in [3.63, 3.8) is 0 Å². The summed E-state index contributed by atoms with van der Waals surface area (Å²) >= 11 is 0. The third-order valence-electron chi connectivity index (χ3n) is 6.02. The normalized spacial score (nSPS) is 10.8. The Bertz CT molecular complexity index is 1630. The summed E-state index contributed by atoms with van der Waals surface area (Å²) in [7, 11) is -4.08. The largest absolute Gasteiger partial charge is 0.465 e. The van der Waals surface area contributed by atoms with Crippen molar-refractivity contribution in [2.45, 2.75) is 18.4 Å². The summed E-state index contributed by atoms with van der Waals surface area (Å²) in [5, 5.41) is 11.6. The number of nitrogen functional groups attached to an aromatic ring is 1. The van der Waals surface area contributed by atoms with Gasteiger partial charge in [0.2, 0.25) is 0 Å². The Labute approximate surface area is 238 Å². The van der Waals surface area contributed by atoms with Crippen molar-refractivity contribution in [1.82, 2.24) is 5.32 Å². The van der Waals surface area contributed by atoms with Crippen LogP contribution in [0, 0.1) is 5.41 Å². The monoisotopic (exact) mass is 580 g/mol. The fourth-order valence-electron chi connectivity index (χ4n) is 4.06. The molecule has 9 nitrogen and oxygen atoms in total. The summed E-state index contributed by atoms with van der Waals surface area (Å²) in [5.41, 5.74) is 7.62. The minimum atomic E-state index is -4.08. The third-order valence-corrected chi connectivity index (χ3v) is 7.81. The molecular weight excluding hydrogens is 552 g/mol. The molecule has 0 aliphatic heterocycles. The van der Waals surface area contributed by atoms with E-state index >= 15 is 0 Å². The van der Waals surface area contributed by atoms with Gasteiger partial charge in [-0.15, -0.1) is 12.4 Å². The first-order valence-corrected chi connectivity index (χ1v) is 13.6. The Morgan fingerprint density at radius 3 is 2.30 bits per heavy atom. The molecule has 4 aromatic rings. The predicted octanol–water partition coefficient (Wildman–Crippen LogP) is 4.23. The second kappa shape index (κ2) is 13.1. The number of carbonyl (C=O) groups excluding carboxylic acids is 2. The maximum Gasteiger partial charge on any atom is 0.326 e. The number of anilines is 1. The fourth-order valence-corrected chi connectivity index (χ4v) is 5.48. The molecule has 40 heavy (non-hydrogen) atoms. The van der Waals surface area contributed by atoms with E-state index in [0.29, 0.717) is 21.9 Å². The van der Waals surface area contributed by atoms with Crippen LogP contribution in [0.2, 0.25) is 0 Å². The average Bonchev–Trinajstić information content (AvgIpc) is 2.94. The molecule has 1 amide bonds. The van der Waals surface area contributed by atoms with E-state index in [9.17, 15) is 18.0 Å². The molecule has 4 aromatic carbocycles. The highest BCUT2D eigenvalue weighted by atomic mass is 35.5. The Morgan fingerprint density at radius 1 is 0.950 bits per heavy atom. The molecule has 0 unspecified atom stereocenters. The van der Waals surface area contributed by atoms with Crippen molar-refractivity contribution in [3.05, 3.63) is 108 Å². The van der Waals surface area contributed by atoms with E-state index in [1.54, 1.807) is 85.8 Å². The maximum absolute atomic E-state index is 13.5. The molecule has 0 aromatic heterocycles. The van der Waals surface area contributed by atoms with Crippen molar-refractivity contribution >= 4 is 56.6 Å². The number of hydrogen-bond acceptors (Lipinski definition) is 6. The second-order valence-corrected chi connectivity index (χ2v) is 10.5. The molecule has 0 aliphatic carbocycles. The van der Waals surface area contributed by atoms with Crippen LogP contribution in [0.5, 0.6) is 0 Å². The summed E-state index contributed by atoms with van der Waals surface area (Å²) in [6.07, 6.45) is 0. The number of ether oxygens (including phenoxy) is 1. The van der Waals surface area contributed by atoms with Crippen LogP contribution in [0.25, 0.3) is 10.8 Å². The minimum Gasteiger partial charge on any atom is -0.465 e. The van der Waals surface area contributed by atoms with Gasteiger partial charge in [-0.3, -0.25) is 19.3 Å². The number of nitrogens with one attached hydrogen (secondary N) is 2. The number of nitrogens with zero attached hydrogens (tertiary/aromatic N) is 1. The van der Waals surface area contributed by atoms with E-state index in [2.05, 4.69) is 5.32 Å². The Hall–Kier alpha value is -4.41. The number of fused-ring (bicyclic) bond motifs is 1. The molecule has 0 bridgehead atoms. The summed E-state index contributed by atoms with van der Waals surface area (Å²) in [6, 6.07) is 24.9. The zero-order chi connectivity index (χ0) is 28.0. The van der Waals surface area contributed by atoms with Gasteiger partial charge in [-0.1, -0.05) is 60.7 Å². The van der Waals surface area contributed by atoms with E-state index in [1.165, 1.54) is 12.1 Å². The van der Waals surface area contributed by atoms with E-state index in [1.807, 2.05) is 0 Å². The second-order valence-electron chi connectivity index (χ2n) is 8.63. The molecule has 0 saturated carbocycles. The number of carbonyl (C=O) groups is 2. The number of halogens is 1. The number of hydrogen-bond donors (Lipinski definition) is 3. The fraction of sp³-hybridized carbons (Fsp3) is 0.138. The highest BCUT2D eigenvalue weighted by molar-refractivity contribution is 7.92. The van der Waals surface area contributed by atoms with Crippen molar-refractivity contribution in [2.24, 2.45) is 5.73 Å². The summed E-state index contributed by atoms with van der Waals surface area (Å²) in [6.45, 7) is 1.54. The molecule has 208 valence electrons. The van der Waals surface area contributed by atoms with Gasteiger partial charge in [0.15, 0.2) is 0 Å². The third kappa shape index (κ3) is 6.77. The molecule has 4 N–H and O–H groups in total. The lowest BCUT2D eigenvalue weighted by Gasteiger charge is -2.24. The average molecular weight is 581 g/mol. The highest BCUT2D eigenvalue weighted by Gasteiger charge is 2.28. The van der Waals surface area contributed by atoms with Gasteiger partial charge in [0.1, 0.15) is 12.4 Å². The molecule has 0 aliphatic rings. The number of amidine groups is 1. The van der Waals surface area contributed by atoms with Gasteiger partial charge in [-0.2, -0.15) is 0 Å². The van der Waals surface area contributed by atoms with Gasteiger partial charge in [0, 0.05) is 17.7 Å². The van der Waals surface area contributed by atoms with Crippen LogP contribution in [0.4, 0.5) is 5.69 Å². The number of esters is 1. The molecule has 4 rings (SSSR count). The van der Waals surface area contributed by atoms with E-state index in [4.69, 9.17) is 15.9 Å². The van der Waals surface area contributed by atoms with Gasteiger partial charge in [0.25, 0.3) is 15.9 Å². The number of amides is 1. The smallest absolute Gasteiger partial charge is 0.326 e. The molecule has 0 saturated heterocycles. The molecule has 11 heteroatoms. The van der Waals surface area contributed by atoms with Crippen LogP contribution in [0.1, 0.15) is 28.4 Å². The standard InChI is InChI=1S/C29H28N4O5S.ClH/c1-2-38-27(34)19-33(39(36,37)24-8-4-3-5-9-24)23-15-16-25-22(17-23)7-6-10-26(25)29(35)32-18-20-11-13-21(14-12-20)28(30)31;/h3-17H,2,18-19H2,1H3,(H3,30,31)(H,32,35);1H. The molecule has 0 fully saturated rings. The lowest BCUT2D eigenvalue weighted by Crippen LogP contribution is -2.36. The Morgan fingerprint density at radius 2 is 1.65 bits per heavy atom. The summed E-state index contributed by atoms with van der Waals surface area (Å²) in [5.74, 6) is -1.01. The maximum atomic E-state index is 13.5. The molecule has 0 atom stereocenters. The van der Waals surface area contributed by atoms with Crippen LogP contribution in [-0.4, -0.2) is 39.3 Å². The first-order chi connectivity index (χ1) is 18.7. The van der Waals surface area contributed by atoms with Crippen LogP contribution in [-0.2, 0) is 26.1 Å². The first kappa shape index (κ1) is 30.1. The van der Waals surface area contributed by atoms with Crippen molar-refractivity contribution in [3.8, 4) is 0 Å². The number of nitrogens with two attached hydrogens (primary N) is 1. The van der Waals surface area contributed by atoms with Crippen LogP contribution >= 0.6 is 12.4 Å². The quantitative estimate of drug-likeness (QED) is 0.145. The zero-order valence-electron chi connectivity index (χ0n) is 21.7. The van der Waals surface area contributed by atoms with Crippen molar-refractivity contribution in [1.29, 1.82) is 5.41 Å². The Kier molecular flexibility index (Phi) is 9.87. The van der Waals surface area contributed by atoms with E-state index < -0.39 is 22.5 Å². The van der Waals surface area contributed by atoms with Gasteiger partial charge < -0.3 is 15.8 Å². The number of benzene rings is 4. The van der Waals surface area contributed by atoms with Gasteiger partial charge in [-0.05, 0) is 53.6 Å². The number of sulfonamides is 1. The number of rotatable bonds is 10. The summed E-state index contributed by atoms with van der Waals surface area (Å²) in [4.78, 5) is 25.5. The molecule has 0 radical (unpaired) electrons. The van der Waals surface area contributed by atoms with Gasteiger partial charge >= 0.3 is 5.97 Å². The SMILES string of the molecule is CCOC(=O)CN(c1ccc2c(C(=O)NCc3ccc(C(=N)N)cc3)cccc2c1)S(=O)(=O)c1ccccc1.Cl. The van der Waals surface area contributed by atoms with Gasteiger partial charge in [0.05, 0.1) is 17.2 Å². The van der Waals surface area contributed by atoms with Crippen LogP contribution in [0.3, 0.4) is 0 Å². The minimum absolute atomic E-state index is 0. The van der Waals surface area contributed by atoms with Crippen LogP contribution in [0.15, 0.2) is 95.9 Å². The van der Waals surface area contributed by atoms with Crippen molar-refractivity contribution in [2.75, 3.05) is 17.5 Å². The lowest BCUT2D eigenvalue weighted by atomic mass is 10.0. The molecule has 0 heterocycles. The molecule has 0 spiro atoms. The summed E-state index contributed by atoms with van der Waals surface area (Å²) < 4.78 is 33.0. The topological polar surface area (TPSA) is 143 Å². The van der Waals surface area contributed by atoms with Crippen LogP contribution < -0.4 is 15.4 Å². The van der Waals surface area contributed by atoms with Crippen molar-refractivity contribution < 1.29 is 22.7 Å². The van der Waals surface area contributed by atoms with E-state index in [-0.39, 0.29) is 47.9 Å². The first-order valence-electron chi connectivity index (χ1n) is 12.2. The zero-order valence-corrected chi connectivity index (χ0v) is 23.3. The van der Waals surface area contributed by atoms with Gasteiger partial charge in [-0.25, -0.2) is 8.42 Å². The highest BCUT2D eigenvalue weighted by Crippen LogP contribution is 2.29. The lowest BCUT2D eigenvalue weighted by molar-refractivity contribution is -0.141.